The number of nitrogens with zero attached hydrogens (tertiary/aromatic N) is 2. The second kappa shape index (κ2) is 7.99. The summed E-state index contributed by atoms with van der Waals surface area (Å²) in [7, 11) is 0. The van der Waals surface area contributed by atoms with Crippen LogP contribution in [0.25, 0.3) is 0 Å². The molecule has 28 heavy (non-hydrogen) atoms. The third-order valence-corrected chi connectivity index (χ3v) is 4.58. The van der Waals surface area contributed by atoms with Gasteiger partial charge in [0.1, 0.15) is 6.54 Å². The van der Waals surface area contributed by atoms with Gasteiger partial charge in [0.15, 0.2) is 0 Å². The standard InChI is InChI=1S/C20H19N3O5/c1-13(7-8-14-5-3-2-4-6-14)21-18(24)12-22-19(25)16-10-9-15(23(27)28)11-17(16)20(22)26/h2-6,9-11,13H,7-8,12H2,1H3,(H,21,24)/t13-/m1/s1. The summed E-state index contributed by atoms with van der Waals surface area (Å²) in [5.41, 5.74) is 0.899. The average Bonchev–Trinajstić information content (AvgIpc) is 2.91. The number of aryl methyl sites for hydroxylation is 1. The van der Waals surface area contributed by atoms with Crippen molar-refractivity contribution < 1.29 is 19.3 Å². The number of non-ortho nitro benzene ring substituents is 1. The maximum Gasteiger partial charge on any atom is 0.270 e. The number of amides is 3. The molecule has 0 spiro atoms. The molecule has 3 rings (SSSR count). The number of nitrogens with one attached hydrogen (secondary N) is 1. The molecule has 1 aliphatic heterocycles. The number of nitro groups is 1. The molecule has 8 nitrogen and oxygen atoms in total. The van der Waals surface area contributed by atoms with Crippen molar-refractivity contribution in [2.24, 2.45) is 0 Å². The highest BCUT2D eigenvalue weighted by Gasteiger charge is 2.37. The lowest BCUT2D eigenvalue weighted by Crippen LogP contribution is -2.43. The summed E-state index contributed by atoms with van der Waals surface area (Å²) in [5.74, 6) is -1.78. The van der Waals surface area contributed by atoms with E-state index in [-0.39, 0.29) is 22.9 Å². The average molecular weight is 381 g/mol. The minimum Gasteiger partial charge on any atom is -0.352 e. The Kier molecular flexibility index (Phi) is 5.49. The summed E-state index contributed by atoms with van der Waals surface area (Å²) in [6.07, 6.45) is 1.50. The molecule has 1 heterocycles. The van der Waals surface area contributed by atoms with Crippen molar-refractivity contribution in [1.82, 2.24) is 10.2 Å². The van der Waals surface area contributed by atoms with Crippen LogP contribution in [0.1, 0.15) is 39.6 Å². The van der Waals surface area contributed by atoms with Gasteiger partial charge in [-0.15, -0.1) is 0 Å². The predicted molar refractivity (Wildman–Crippen MR) is 101 cm³/mol. The van der Waals surface area contributed by atoms with Gasteiger partial charge in [-0.1, -0.05) is 30.3 Å². The predicted octanol–water partition coefficient (Wildman–Crippen LogP) is 2.33. The van der Waals surface area contributed by atoms with Crippen LogP contribution < -0.4 is 5.32 Å². The Hall–Kier alpha value is -3.55. The minimum absolute atomic E-state index is 0.0517. The fourth-order valence-electron chi connectivity index (χ4n) is 3.10. The molecule has 2 aromatic carbocycles. The number of fused-ring (bicyclic) bond motifs is 1. The summed E-state index contributed by atoms with van der Waals surface area (Å²) in [6.45, 7) is 1.43. The number of imide groups is 1. The molecule has 1 N–H and O–H groups in total. The van der Waals surface area contributed by atoms with Crippen LogP contribution in [0.15, 0.2) is 48.5 Å². The number of hydrogen-bond donors (Lipinski definition) is 1. The zero-order valence-corrected chi connectivity index (χ0v) is 15.3. The Morgan fingerprint density at radius 1 is 1.11 bits per heavy atom. The van der Waals surface area contributed by atoms with Crippen molar-refractivity contribution in [1.29, 1.82) is 0 Å². The number of carbonyl (C=O) groups excluding carboxylic acids is 3. The zero-order chi connectivity index (χ0) is 20.3. The Morgan fingerprint density at radius 2 is 1.79 bits per heavy atom. The van der Waals surface area contributed by atoms with Crippen LogP contribution in [0.5, 0.6) is 0 Å². The van der Waals surface area contributed by atoms with E-state index in [4.69, 9.17) is 0 Å². The van der Waals surface area contributed by atoms with Gasteiger partial charge in [0.05, 0.1) is 16.1 Å². The lowest BCUT2D eigenvalue weighted by Gasteiger charge is -2.17. The van der Waals surface area contributed by atoms with Gasteiger partial charge in [0.25, 0.3) is 17.5 Å². The smallest absolute Gasteiger partial charge is 0.270 e. The number of rotatable bonds is 7. The van der Waals surface area contributed by atoms with Crippen molar-refractivity contribution in [3.63, 3.8) is 0 Å². The van der Waals surface area contributed by atoms with Crippen LogP contribution in [-0.4, -0.2) is 40.1 Å². The number of hydrogen-bond acceptors (Lipinski definition) is 5. The summed E-state index contributed by atoms with van der Waals surface area (Å²) >= 11 is 0. The first-order valence-electron chi connectivity index (χ1n) is 8.84. The molecule has 1 atom stereocenters. The van der Waals surface area contributed by atoms with E-state index < -0.39 is 29.2 Å². The molecule has 0 aliphatic carbocycles. The largest absolute Gasteiger partial charge is 0.352 e. The number of carbonyl (C=O) groups is 3. The summed E-state index contributed by atoms with van der Waals surface area (Å²) in [6, 6.07) is 13.2. The van der Waals surface area contributed by atoms with Gasteiger partial charge in [-0.05, 0) is 31.4 Å². The number of nitro benzene ring substituents is 1. The SMILES string of the molecule is C[C@H](CCc1ccccc1)NC(=O)CN1C(=O)c2ccc([N+](=O)[O-])cc2C1=O. The van der Waals surface area contributed by atoms with Crippen LogP contribution in [0.3, 0.4) is 0 Å². The molecule has 0 fully saturated rings. The van der Waals surface area contributed by atoms with Crippen molar-refractivity contribution in [2.45, 2.75) is 25.8 Å². The van der Waals surface area contributed by atoms with Crippen molar-refractivity contribution in [3.8, 4) is 0 Å². The van der Waals surface area contributed by atoms with E-state index in [0.717, 1.165) is 23.0 Å². The maximum absolute atomic E-state index is 12.4. The van der Waals surface area contributed by atoms with Crippen LogP contribution in [-0.2, 0) is 11.2 Å². The van der Waals surface area contributed by atoms with Crippen LogP contribution in [0.2, 0.25) is 0 Å². The molecule has 2 aromatic rings. The van der Waals surface area contributed by atoms with Gasteiger partial charge in [0, 0.05) is 18.2 Å². The van der Waals surface area contributed by atoms with E-state index in [1.54, 1.807) is 0 Å². The van der Waals surface area contributed by atoms with E-state index in [2.05, 4.69) is 5.32 Å². The van der Waals surface area contributed by atoms with Gasteiger partial charge >= 0.3 is 0 Å². The van der Waals surface area contributed by atoms with E-state index in [1.807, 2.05) is 37.3 Å². The van der Waals surface area contributed by atoms with Gasteiger partial charge in [0.2, 0.25) is 5.91 Å². The van der Waals surface area contributed by atoms with Crippen molar-refractivity contribution in [2.75, 3.05) is 6.54 Å². The summed E-state index contributed by atoms with van der Waals surface area (Å²) in [4.78, 5) is 48.1. The molecular formula is C20H19N3O5. The highest BCUT2D eigenvalue weighted by atomic mass is 16.6. The monoisotopic (exact) mass is 381 g/mol. The van der Waals surface area contributed by atoms with E-state index in [1.165, 1.54) is 12.1 Å². The number of benzene rings is 2. The first-order valence-corrected chi connectivity index (χ1v) is 8.84. The fourth-order valence-corrected chi connectivity index (χ4v) is 3.10. The van der Waals surface area contributed by atoms with E-state index in [9.17, 15) is 24.5 Å². The van der Waals surface area contributed by atoms with Crippen molar-refractivity contribution >= 4 is 23.4 Å². The van der Waals surface area contributed by atoms with Crippen LogP contribution in [0, 0.1) is 10.1 Å². The Balaban J connectivity index is 1.58. The minimum atomic E-state index is -0.698. The quantitative estimate of drug-likeness (QED) is 0.450. The van der Waals surface area contributed by atoms with Crippen molar-refractivity contribution in [3.05, 3.63) is 75.3 Å². The zero-order valence-electron chi connectivity index (χ0n) is 15.3. The molecular weight excluding hydrogens is 362 g/mol. The molecule has 0 radical (unpaired) electrons. The topological polar surface area (TPSA) is 110 Å². The molecule has 0 bridgehead atoms. The molecule has 0 saturated heterocycles. The molecule has 1 aliphatic rings. The van der Waals surface area contributed by atoms with E-state index in [0.29, 0.717) is 6.42 Å². The first-order chi connectivity index (χ1) is 13.4. The highest BCUT2D eigenvalue weighted by Crippen LogP contribution is 2.26. The molecule has 0 saturated carbocycles. The Morgan fingerprint density at radius 3 is 2.46 bits per heavy atom. The van der Waals surface area contributed by atoms with Crippen LogP contribution >= 0.6 is 0 Å². The maximum atomic E-state index is 12.4. The Labute approximate surface area is 161 Å². The molecule has 3 amide bonds. The van der Waals surface area contributed by atoms with Gasteiger partial charge in [-0.3, -0.25) is 29.4 Å². The summed E-state index contributed by atoms with van der Waals surface area (Å²) in [5, 5.41) is 13.6. The second-order valence-corrected chi connectivity index (χ2v) is 6.68. The molecule has 0 unspecified atom stereocenters. The highest BCUT2D eigenvalue weighted by molar-refractivity contribution is 6.22. The molecule has 8 heteroatoms. The first kappa shape index (κ1) is 19.2. The summed E-state index contributed by atoms with van der Waals surface area (Å²) < 4.78 is 0. The second-order valence-electron chi connectivity index (χ2n) is 6.68. The lowest BCUT2D eigenvalue weighted by molar-refractivity contribution is -0.384. The molecule has 0 aromatic heterocycles. The fraction of sp³-hybridized carbons (Fsp3) is 0.250. The van der Waals surface area contributed by atoms with Gasteiger partial charge < -0.3 is 5.32 Å². The molecule has 144 valence electrons. The van der Waals surface area contributed by atoms with E-state index >= 15 is 0 Å². The lowest BCUT2D eigenvalue weighted by atomic mass is 10.1. The van der Waals surface area contributed by atoms with Crippen LogP contribution in [0.4, 0.5) is 5.69 Å². The van der Waals surface area contributed by atoms with Gasteiger partial charge in [-0.2, -0.15) is 0 Å². The third-order valence-electron chi connectivity index (χ3n) is 4.58. The van der Waals surface area contributed by atoms with Gasteiger partial charge in [-0.25, -0.2) is 0 Å². The Bertz CT molecular complexity index is 942. The normalized spacial score (nSPS) is 14.0. The third kappa shape index (κ3) is 4.06.